The maximum absolute atomic E-state index is 14.2. The molecule has 3 heterocycles. The summed E-state index contributed by atoms with van der Waals surface area (Å²) in [6.07, 6.45) is 3.86. The minimum Gasteiger partial charge on any atom is -0.394 e. The number of thiophene rings is 1. The van der Waals surface area contributed by atoms with Crippen molar-refractivity contribution in [2.45, 2.75) is 92.0 Å². The van der Waals surface area contributed by atoms with Gasteiger partial charge in [0, 0.05) is 30.7 Å². The second kappa shape index (κ2) is 17.0. The summed E-state index contributed by atoms with van der Waals surface area (Å²) in [7, 11) is 3.50. The highest BCUT2D eigenvalue weighted by Crippen LogP contribution is 2.31. The maximum Gasteiger partial charge on any atom is 0.333 e. The largest absolute Gasteiger partial charge is 0.394 e. The number of fused-ring (bicyclic) bond motifs is 1. The van der Waals surface area contributed by atoms with Crippen molar-refractivity contribution in [2.75, 3.05) is 0 Å². The number of rotatable bonds is 9. The Morgan fingerprint density at radius 2 is 1.76 bits per heavy atom. The molecule has 244 valence electrons. The van der Waals surface area contributed by atoms with Gasteiger partial charge in [0.25, 0.3) is 5.56 Å². The van der Waals surface area contributed by atoms with Crippen LogP contribution in [0.5, 0.6) is 0 Å². The quantitative estimate of drug-likeness (QED) is 0.163. The fourth-order valence-electron chi connectivity index (χ4n) is 4.57. The summed E-state index contributed by atoms with van der Waals surface area (Å²) in [4.78, 5) is 42.8. The van der Waals surface area contributed by atoms with E-state index >= 15 is 0 Å². The summed E-state index contributed by atoms with van der Waals surface area (Å²) in [5.74, 6) is -0.882. The summed E-state index contributed by atoms with van der Waals surface area (Å²) in [5, 5.41) is 29.1. The number of thiol groups is 1. The third-order valence-corrected chi connectivity index (χ3v) is 7.88. The van der Waals surface area contributed by atoms with Crippen LogP contribution in [0.1, 0.15) is 64.7 Å². The lowest BCUT2D eigenvalue weighted by Gasteiger charge is -2.27. The van der Waals surface area contributed by atoms with Crippen LogP contribution in [0.4, 0.5) is 4.39 Å². The number of nitrogens with zero attached hydrogens (tertiary/aromatic N) is 6. The van der Waals surface area contributed by atoms with E-state index < -0.39 is 28.5 Å². The molecule has 15 heteroatoms. The van der Waals surface area contributed by atoms with Gasteiger partial charge in [-0.3, -0.25) is 14.2 Å². The SMILES string of the molecule is CC(C)O.Cc1c(-n2nccn2)sc2c1c(=O)n(C(C)(C)C(=O)NC(C)C)c(=O)n2CCc1cc(F)ccc1CCC#N.SI. The van der Waals surface area contributed by atoms with E-state index in [4.69, 9.17) is 10.4 Å². The molecule has 45 heavy (non-hydrogen) atoms. The Morgan fingerprint density at radius 3 is 2.31 bits per heavy atom. The predicted molar refractivity (Wildman–Crippen MR) is 187 cm³/mol. The molecule has 0 spiro atoms. The van der Waals surface area contributed by atoms with Gasteiger partial charge in [0.15, 0.2) is 0 Å². The number of amides is 1. The smallest absolute Gasteiger partial charge is 0.333 e. The van der Waals surface area contributed by atoms with Crippen LogP contribution in [0.3, 0.4) is 0 Å². The number of carbonyl (C=O) groups excluding carboxylic acids is 1. The van der Waals surface area contributed by atoms with Crippen molar-refractivity contribution in [3.63, 3.8) is 0 Å². The highest BCUT2D eigenvalue weighted by atomic mass is 127. The molecule has 1 amide bonds. The first-order valence-corrected chi connectivity index (χ1v) is 18.2. The number of aromatic nitrogens is 5. The Morgan fingerprint density at radius 1 is 1.16 bits per heavy atom. The number of nitrogens with one attached hydrogen (secondary N) is 1. The highest BCUT2D eigenvalue weighted by Gasteiger charge is 2.35. The second-order valence-electron chi connectivity index (χ2n) is 11.2. The topological polar surface area (TPSA) is 148 Å². The average molecular weight is 772 g/mol. The molecule has 4 aromatic rings. The molecule has 0 aliphatic rings. The number of hydrogen-bond acceptors (Lipinski definition) is 9. The molecule has 0 saturated carbocycles. The summed E-state index contributed by atoms with van der Waals surface area (Å²) >= 11 is 3.05. The van der Waals surface area contributed by atoms with Gasteiger partial charge in [-0.15, -0.1) is 14.6 Å². The molecule has 0 fully saturated rings. The molecule has 0 radical (unpaired) electrons. The number of halogens is 2. The Bertz CT molecular complexity index is 1750. The fraction of sp³-hybridized carbons (Fsp3) is 0.467. The lowest BCUT2D eigenvalue weighted by molar-refractivity contribution is -0.129. The Labute approximate surface area is 283 Å². The van der Waals surface area contributed by atoms with Crippen molar-refractivity contribution in [2.24, 2.45) is 0 Å². The van der Waals surface area contributed by atoms with Crippen LogP contribution in [0.15, 0.2) is 40.2 Å². The molecule has 11 nitrogen and oxygen atoms in total. The highest BCUT2D eigenvalue weighted by molar-refractivity contribution is 14.2. The van der Waals surface area contributed by atoms with Gasteiger partial charge in [0.05, 0.1) is 23.8 Å². The number of aliphatic hydroxyl groups is 1. The van der Waals surface area contributed by atoms with Crippen molar-refractivity contribution < 1.29 is 14.3 Å². The number of carbonyl (C=O) groups is 1. The van der Waals surface area contributed by atoms with Gasteiger partial charge in [-0.25, -0.2) is 13.8 Å². The number of nitriles is 1. The first kappa shape index (κ1) is 38.1. The first-order chi connectivity index (χ1) is 21.2. The summed E-state index contributed by atoms with van der Waals surface area (Å²) in [5.41, 5.74) is -0.656. The molecule has 2 N–H and O–H groups in total. The van der Waals surface area contributed by atoms with Gasteiger partial charge >= 0.3 is 5.69 Å². The molecular formula is C30H39FIN7O4S2. The van der Waals surface area contributed by atoms with Crippen molar-refractivity contribution in [1.82, 2.24) is 29.4 Å². The van der Waals surface area contributed by atoms with E-state index in [1.54, 1.807) is 40.7 Å². The molecule has 0 aliphatic carbocycles. The zero-order chi connectivity index (χ0) is 34.1. The van der Waals surface area contributed by atoms with Crippen LogP contribution in [-0.2, 0) is 29.7 Å². The van der Waals surface area contributed by atoms with Crippen molar-refractivity contribution in [3.8, 4) is 11.1 Å². The van der Waals surface area contributed by atoms with Crippen molar-refractivity contribution >= 4 is 58.5 Å². The Hall–Kier alpha value is -3.07. The van der Waals surface area contributed by atoms with Gasteiger partial charge in [-0.05, 0) is 106 Å². The van der Waals surface area contributed by atoms with Crippen LogP contribution < -0.4 is 16.6 Å². The summed E-state index contributed by atoms with van der Waals surface area (Å²) in [6, 6.07) is 6.32. The third-order valence-electron chi connectivity index (χ3n) is 6.60. The van der Waals surface area contributed by atoms with Crippen LogP contribution in [-0.4, -0.2) is 47.3 Å². The fourth-order valence-corrected chi connectivity index (χ4v) is 5.81. The van der Waals surface area contributed by atoms with Crippen molar-refractivity contribution in [3.05, 3.63) is 73.9 Å². The number of benzene rings is 1. The monoisotopic (exact) mass is 771 g/mol. The summed E-state index contributed by atoms with van der Waals surface area (Å²) < 4.78 is 16.6. The normalized spacial score (nSPS) is 11.1. The molecule has 0 aliphatic heterocycles. The zero-order valence-corrected chi connectivity index (χ0v) is 30.2. The van der Waals surface area contributed by atoms with E-state index in [2.05, 4.69) is 31.4 Å². The molecule has 3 aromatic heterocycles. The molecule has 0 saturated heterocycles. The predicted octanol–water partition coefficient (Wildman–Crippen LogP) is 4.86. The van der Waals surface area contributed by atoms with E-state index in [0.29, 0.717) is 32.8 Å². The lowest BCUT2D eigenvalue weighted by Crippen LogP contribution is -2.56. The van der Waals surface area contributed by atoms with Crippen LogP contribution >= 0.6 is 42.3 Å². The summed E-state index contributed by atoms with van der Waals surface area (Å²) in [6.45, 7) is 12.0. The third kappa shape index (κ3) is 9.24. The van der Waals surface area contributed by atoms with E-state index in [0.717, 1.165) is 10.1 Å². The minimum atomic E-state index is -1.50. The maximum atomic E-state index is 14.2. The van der Waals surface area contributed by atoms with E-state index in [-0.39, 0.29) is 31.5 Å². The van der Waals surface area contributed by atoms with Gasteiger partial charge < -0.3 is 10.4 Å². The molecule has 0 bridgehead atoms. The van der Waals surface area contributed by atoms with E-state index in [9.17, 15) is 18.8 Å². The van der Waals surface area contributed by atoms with Crippen LogP contribution in [0.2, 0.25) is 0 Å². The Balaban J connectivity index is 0.00000109. The molecular weight excluding hydrogens is 732 g/mol. The molecule has 4 rings (SSSR count). The van der Waals surface area contributed by atoms with Gasteiger partial charge in [0.2, 0.25) is 5.91 Å². The molecule has 0 unspecified atom stereocenters. The standard InChI is InChI=1S/C27H30FN7O3S.C3H8O.HIS/c1-16(2)32-25(37)27(4,5)34-22(36)21-17(3)23(35-30-12-13-31-35)39-24(21)33(26(34)38)14-10-19-15-20(28)9-8-18(19)7-6-11-29;1-3(2)4;1-2/h8-9,12-13,15-16H,6-7,10,14H2,1-5H3,(H,32,37);3-4H,1-2H3;2H. The first-order valence-electron chi connectivity index (χ1n) is 14.2. The second-order valence-corrected chi connectivity index (χ2v) is 12.2. The van der Waals surface area contributed by atoms with E-state index in [1.807, 2.05) is 21.2 Å². The minimum absolute atomic E-state index is 0.117. The average Bonchev–Trinajstić information content (AvgIpc) is 3.61. The van der Waals surface area contributed by atoms with Gasteiger partial charge in [-0.1, -0.05) is 17.4 Å². The van der Waals surface area contributed by atoms with Crippen LogP contribution in [0, 0.1) is 24.1 Å². The lowest BCUT2D eigenvalue weighted by atomic mass is 10.0. The number of aryl methyl sites for hydroxylation is 4. The van der Waals surface area contributed by atoms with Crippen LogP contribution in [0.25, 0.3) is 15.2 Å². The zero-order valence-electron chi connectivity index (χ0n) is 26.3. The molecule has 0 atom stereocenters. The number of aliphatic hydroxyl groups excluding tert-OH is 1. The van der Waals surface area contributed by atoms with E-state index in [1.165, 1.54) is 59.1 Å². The van der Waals surface area contributed by atoms with Crippen molar-refractivity contribution in [1.29, 1.82) is 5.26 Å². The Kier molecular flexibility index (Phi) is 14.4. The van der Waals surface area contributed by atoms with Gasteiger partial charge in [0.1, 0.15) is 21.2 Å². The molecule has 1 aromatic carbocycles. The van der Waals surface area contributed by atoms with Gasteiger partial charge in [-0.2, -0.15) is 15.5 Å². The number of hydrogen-bond donors (Lipinski definition) is 3.